The fraction of sp³-hybridized carbons (Fsp3) is 0.208. The summed E-state index contributed by atoms with van der Waals surface area (Å²) in [5.41, 5.74) is 3.93. The minimum atomic E-state index is -0.0903. The second kappa shape index (κ2) is 9.05. The van der Waals surface area contributed by atoms with Crippen molar-refractivity contribution in [2.45, 2.75) is 26.7 Å². The number of nitrogens with one attached hydrogen (secondary N) is 1. The van der Waals surface area contributed by atoms with Gasteiger partial charge in [-0.25, -0.2) is 4.98 Å². The zero-order valence-corrected chi connectivity index (χ0v) is 17.8. The monoisotopic (exact) mass is 417 g/mol. The highest BCUT2D eigenvalue weighted by atomic mass is 32.1. The molecule has 6 heteroatoms. The number of aryl methyl sites for hydroxylation is 1. The molecule has 0 bridgehead atoms. The standard InChI is InChI=1S/C24H23N3O2S/c1-16-7-6-14-25-23(16)29-20-12-10-18(11-13-20)15-21(28)26-24-27-22(17(2)30-24)19-8-4-3-5-9-19/h3-5,7-13H,6,14-15H2,1-2H3,(H,26,27,28). The van der Waals surface area contributed by atoms with Crippen LogP contribution in [0.15, 0.2) is 71.2 Å². The quantitative estimate of drug-likeness (QED) is 0.602. The van der Waals surface area contributed by atoms with Gasteiger partial charge < -0.3 is 10.1 Å². The molecule has 0 saturated heterocycles. The lowest BCUT2D eigenvalue weighted by Crippen LogP contribution is -2.15. The molecule has 1 aliphatic heterocycles. The lowest BCUT2D eigenvalue weighted by Gasteiger charge is -2.13. The van der Waals surface area contributed by atoms with Gasteiger partial charge in [-0.3, -0.25) is 9.79 Å². The van der Waals surface area contributed by atoms with E-state index in [1.54, 1.807) is 0 Å². The number of amides is 1. The Bertz CT molecular complexity index is 1100. The number of thiazole rings is 1. The van der Waals surface area contributed by atoms with E-state index in [9.17, 15) is 4.79 Å². The van der Waals surface area contributed by atoms with Crippen molar-refractivity contribution < 1.29 is 9.53 Å². The number of ether oxygens (including phenoxy) is 1. The first kappa shape index (κ1) is 20.0. The van der Waals surface area contributed by atoms with Crippen LogP contribution in [-0.4, -0.2) is 23.3 Å². The third-order valence-corrected chi connectivity index (χ3v) is 5.65. The first-order chi connectivity index (χ1) is 14.6. The molecule has 1 aliphatic rings. The van der Waals surface area contributed by atoms with Gasteiger partial charge in [-0.15, -0.1) is 11.3 Å². The average molecular weight is 418 g/mol. The topological polar surface area (TPSA) is 63.6 Å². The summed E-state index contributed by atoms with van der Waals surface area (Å²) in [6.07, 6.45) is 3.36. The maximum atomic E-state index is 12.5. The third-order valence-electron chi connectivity index (χ3n) is 4.77. The number of nitrogens with zero attached hydrogens (tertiary/aromatic N) is 2. The van der Waals surface area contributed by atoms with Gasteiger partial charge in [-0.2, -0.15) is 0 Å². The van der Waals surface area contributed by atoms with Crippen molar-refractivity contribution in [3.63, 3.8) is 0 Å². The second-order valence-electron chi connectivity index (χ2n) is 7.12. The Kier molecular flexibility index (Phi) is 6.05. The van der Waals surface area contributed by atoms with Gasteiger partial charge in [0.15, 0.2) is 5.13 Å². The summed E-state index contributed by atoms with van der Waals surface area (Å²) >= 11 is 1.49. The molecule has 152 valence electrons. The fourth-order valence-electron chi connectivity index (χ4n) is 3.22. The van der Waals surface area contributed by atoms with Crippen LogP contribution in [0.1, 0.15) is 23.8 Å². The summed E-state index contributed by atoms with van der Waals surface area (Å²) in [6, 6.07) is 17.5. The van der Waals surface area contributed by atoms with Crippen molar-refractivity contribution >= 4 is 28.3 Å². The van der Waals surface area contributed by atoms with Crippen molar-refractivity contribution in [1.82, 2.24) is 4.98 Å². The SMILES string of the molecule is CC1=CCCN=C1Oc1ccc(CC(=O)Nc2nc(-c3ccccc3)c(C)s2)cc1. The predicted octanol–water partition coefficient (Wildman–Crippen LogP) is 5.43. The molecule has 5 nitrogen and oxygen atoms in total. The fourth-order valence-corrected chi connectivity index (χ4v) is 4.07. The summed E-state index contributed by atoms with van der Waals surface area (Å²) in [5, 5.41) is 3.54. The molecule has 4 rings (SSSR count). The Hall–Kier alpha value is -3.25. The number of anilines is 1. The van der Waals surface area contributed by atoms with Gasteiger partial charge in [-0.05, 0) is 38.0 Å². The first-order valence-corrected chi connectivity index (χ1v) is 10.7. The molecule has 2 aromatic carbocycles. The van der Waals surface area contributed by atoms with Crippen molar-refractivity contribution in [3.8, 4) is 17.0 Å². The van der Waals surface area contributed by atoms with Crippen LogP contribution in [0.3, 0.4) is 0 Å². The highest BCUT2D eigenvalue weighted by Gasteiger charge is 2.13. The average Bonchev–Trinajstić information content (AvgIpc) is 3.11. The Balaban J connectivity index is 1.36. The van der Waals surface area contributed by atoms with Crippen LogP contribution < -0.4 is 10.1 Å². The summed E-state index contributed by atoms with van der Waals surface area (Å²) < 4.78 is 5.85. The number of aromatic nitrogens is 1. The number of hydrogen-bond acceptors (Lipinski definition) is 5. The van der Waals surface area contributed by atoms with Gasteiger partial charge in [0.1, 0.15) is 5.75 Å². The van der Waals surface area contributed by atoms with Crippen LogP contribution in [0.2, 0.25) is 0 Å². The molecule has 30 heavy (non-hydrogen) atoms. The van der Waals surface area contributed by atoms with E-state index in [2.05, 4.69) is 21.4 Å². The van der Waals surface area contributed by atoms with Gasteiger partial charge in [0, 0.05) is 22.6 Å². The highest BCUT2D eigenvalue weighted by molar-refractivity contribution is 7.16. The zero-order chi connectivity index (χ0) is 20.9. The van der Waals surface area contributed by atoms with E-state index in [0.29, 0.717) is 11.0 Å². The van der Waals surface area contributed by atoms with Crippen LogP contribution in [0.4, 0.5) is 5.13 Å². The minimum Gasteiger partial charge on any atom is -0.439 e. The van der Waals surface area contributed by atoms with Gasteiger partial charge >= 0.3 is 0 Å². The molecule has 0 fully saturated rings. The molecular formula is C24H23N3O2S. The summed E-state index contributed by atoms with van der Waals surface area (Å²) in [6.45, 7) is 4.77. The van der Waals surface area contributed by atoms with E-state index >= 15 is 0 Å². The number of rotatable bonds is 5. The first-order valence-electron chi connectivity index (χ1n) is 9.89. The van der Waals surface area contributed by atoms with Crippen LogP contribution in [0, 0.1) is 6.92 Å². The molecule has 0 saturated carbocycles. The number of aliphatic imine (C=N–C) groups is 1. The Morgan fingerprint density at radius 1 is 1.10 bits per heavy atom. The molecule has 0 aliphatic carbocycles. The van der Waals surface area contributed by atoms with E-state index in [1.165, 1.54) is 11.3 Å². The van der Waals surface area contributed by atoms with E-state index < -0.39 is 0 Å². The van der Waals surface area contributed by atoms with Crippen LogP contribution >= 0.6 is 11.3 Å². The molecule has 0 unspecified atom stereocenters. The molecule has 3 aromatic rings. The molecule has 1 amide bonds. The summed E-state index contributed by atoms with van der Waals surface area (Å²) in [7, 11) is 0. The van der Waals surface area contributed by atoms with E-state index in [-0.39, 0.29) is 12.3 Å². The van der Waals surface area contributed by atoms with Gasteiger partial charge in [0.05, 0.1) is 12.1 Å². The Morgan fingerprint density at radius 2 is 1.87 bits per heavy atom. The summed E-state index contributed by atoms with van der Waals surface area (Å²) in [4.78, 5) is 22.6. The van der Waals surface area contributed by atoms with Crippen molar-refractivity contribution in [3.05, 3.63) is 76.7 Å². The smallest absolute Gasteiger partial charge is 0.230 e. The molecule has 0 spiro atoms. The second-order valence-corrected chi connectivity index (χ2v) is 8.33. The van der Waals surface area contributed by atoms with Crippen molar-refractivity contribution in [1.29, 1.82) is 0 Å². The number of carbonyl (C=O) groups excluding carboxylic acids is 1. The number of benzene rings is 2. The van der Waals surface area contributed by atoms with Crippen LogP contribution in [0.5, 0.6) is 5.75 Å². The molecule has 1 aromatic heterocycles. The lowest BCUT2D eigenvalue weighted by atomic mass is 10.1. The highest BCUT2D eigenvalue weighted by Crippen LogP contribution is 2.30. The maximum absolute atomic E-state index is 12.5. The number of dihydropyridines is 1. The Morgan fingerprint density at radius 3 is 2.60 bits per heavy atom. The van der Waals surface area contributed by atoms with Crippen molar-refractivity contribution in [2.24, 2.45) is 4.99 Å². The number of carbonyl (C=O) groups is 1. The molecule has 1 N–H and O–H groups in total. The van der Waals surface area contributed by atoms with Crippen LogP contribution in [-0.2, 0) is 11.2 Å². The molecular weight excluding hydrogens is 394 g/mol. The van der Waals surface area contributed by atoms with Gasteiger partial charge in [0.25, 0.3) is 0 Å². The van der Waals surface area contributed by atoms with Crippen molar-refractivity contribution in [2.75, 3.05) is 11.9 Å². The zero-order valence-electron chi connectivity index (χ0n) is 17.0. The predicted molar refractivity (Wildman–Crippen MR) is 122 cm³/mol. The molecule has 2 heterocycles. The van der Waals surface area contributed by atoms with Crippen LogP contribution in [0.25, 0.3) is 11.3 Å². The minimum absolute atomic E-state index is 0.0903. The molecule has 0 atom stereocenters. The summed E-state index contributed by atoms with van der Waals surface area (Å²) in [5.74, 6) is 1.29. The Labute approximate surface area is 180 Å². The molecule has 0 radical (unpaired) electrons. The lowest BCUT2D eigenvalue weighted by molar-refractivity contribution is -0.115. The van der Waals surface area contributed by atoms with E-state index in [0.717, 1.165) is 46.0 Å². The normalized spacial score (nSPS) is 13.4. The van der Waals surface area contributed by atoms with E-state index in [4.69, 9.17) is 4.74 Å². The van der Waals surface area contributed by atoms with E-state index in [1.807, 2.05) is 68.4 Å². The van der Waals surface area contributed by atoms with Gasteiger partial charge in [-0.1, -0.05) is 48.5 Å². The number of hydrogen-bond donors (Lipinski definition) is 1. The van der Waals surface area contributed by atoms with Gasteiger partial charge in [0.2, 0.25) is 11.8 Å². The third kappa shape index (κ3) is 4.83. The maximum Gasteiger partial charge on any atom is 0.230 e. The largest absolute Gasteiger partial charge is 0.439 e.